The Labute approximate surface area is 165 Å². The van der Waals surface area contributed by atoms with Gasteiger partial charge >= 0.3 is 0 Å². The molecule has 1 fully saturated rings. The van der Waals surface area contributed by atoms with E-state index in [0.29, 0.717) is 11.3 Å². The van der Waals surface area contributed by atoms with Crippen molar-refractivity contribution in [3.05, 3.63) is 42.0 Å². The number of nitrogens with zero attached hydrogens (tertiary/aromatic N) is 4. The van der Waals surface area contributed by atoms with Crippen LogP contribution in [-0.4, -0.2) is 39.1 Å². The smallest absolute Gasteiger partial charge is 0.191 e. The maximum Gasteiger partial charge on any atom is 0.191 e. The third kappa shape index (κ3) is 4.64. The molecule has 1 saturated carbocycles. The Kier molecular flexibility index (Phi) is 5.66. The lowest BCUT2D eigenvalue weighted by Gasteiger charge is -2.18. The van der Waals surface area contributed by atoms with Crippen molar-refractivity contribution >= 4 is 17.7 Å². The van der Waals surface area contributed by atoms with Crippen LogP contribution in [0, 0.1) is 0 Å². The summed E-state index contributed by atoms with van der Waals surface area (Å²) < 4.78 is 2.58. The van der Waals surface area contributed by atoms with Crippen LogP contribution in [0.2, 0.25) is 0 Å². The second-order valence-electron chi connectivity index (χ2n) is 7.37. The van der Waals surface area contributed by atoms with E-state index in [2.05, 4.69) is 60.7 Å². The lowest BCUT2D eigenvalue weighted by atomic mass is 10.2. The Morgan fingerprint density at radius 1 is 1.15 bits per heavy atom. The maximum atomic E-state index is 4.39. The van der Waals surface area contributed by atoms with E-state index in [1.165, 1.54) is 37.0 Å². The van der Waals surface area contributed by atoms with Crippen molar-refractivity contribution < 1.29 is 0 Å². The van der Waals surface area contributed by atoms with E-state index < -0.39 is 0 Å². The van der Waals surface area contributed by atoms with Crippen molar-refractivity contribution in [2.45, 2.75) is 61.3 Å². The average Bonchev–Trinajstić information content (AvgIpc) is 3.42. The first-order valence-electron chi connectivity index (χ1n) is 9.88. The molecule has 1 aliphatic heterocycles. The summed E-state index contributed by atoms with van der Waals surface area (Å²) in [4.78, 5) is 5.72. The lowest BCUT2D eigenvalue weighted by molar-refractivity contribution is 0.596. The highest BCUT2D eigenvalue weighted by molar-refractivity contribution is 8.01. The highest BCUT2D eigenvalue weighted by Crippen LogP contribution is 2.51. The lowest BCUT2D eigenvalue weighted by Crippen LogP contribution is -2.41. The highest BCUT2D eigenvalue weighted by Gasteiger charge is 2.43. The molecule has 0 unspecified atom stereocenters. The molecule has 0 bridgehead atoms. The number of guanidine groups is 1. The molecule has 7 heteroatoms. The predicted octanol–water partition coefficient (Wildman–Crippen LogP) is 2.99. The van der Waals surface area contributed by atoms with Gasteiger partial charge in [0.25, 0.3) is 0 Å². The van der Waals surface area contributed by atoms with Crippen LogP contribution in [0.4, 0.5) is 0 Å². The normalized spacial score (nSPS) is 18.5. The molecule has 1 aromatic carbocycles. The Morgan fingerprint density at radius 3 is 2.78 bits per heavy atom. The second kappa shape index (κ2) is 8.33. The summed E-state index contributed by atoms with van der Waals surface area (Å²) in [6, 6.07) is 10.7. The Morgan fingerprint density at radius 2 is 2.00 bits per heavy atom. The van der Waals surface area contributed by atoms with Gasteiger partial charge in [-0.2, -0.15) is 0 Å². The number of aromatic nitrogens is 3. The zero-order valence-electron chi connectivity index (χ0n) is 15.9. The highest BCUT2D eigenvalue weighted by atomic mass is 32.2. The largest absolute Gasteiger partial charge is 0.355 e. The fourth-order valence-corrected chi connectivity index (χ4v) is 4.74. The molecule has 2 N–H and O–H groups in total. The number of fused-ring (bicyclic) bond motifs is 1. The number of hydrogen-bond acceptors (Lipinski definition) is 4. The van der Waals surface area contributed by atoms with Gasteiger partial charge in [-0.25, -0.2) is 0 Å². The Hall–Kier alpha value is -2.02. The maximum absolute atomic E-state index is 4.39. The summed E-state index contributed by atoms with van der Waals surface area (Å²) in [7, 11) is 1.82. The van der Waals surface area contributed by atoms with Crippen LogP contribution >= 0.6 is 11.8 Å². The predicted molar refractivity (Wildman–Crippen MR) is 110 cm³/mol. The van der Waals surface area contributed by atoms with Gasteiger partial charge < -0.3 is 15.2 Å². The summed E-state index contributed by atoms with van der Waals surface area (Å²) in [6.45, 7) is 2.61. The van der Waals surface area contributed by atoms with Crippen molar-refractivity contribution in [2.24, 2.45) is 4.99 Å². The van der Waals surface area contributed by atoms with Crippen LogP contribution in [0.3, 0.4) is 0 Å². The quantitative estimate of drug-likeness (QED) is 0.592. The van der Waals surface area contributed by atoms with Crippen LogP contribution in [0.25, 0.3) is 0 Å². The van der Waals surface area contributed by atoms with Crippen LogP contribution in [0.15, 0.2) is 40.2 Å². The van der Waals surface area contributed by atoms with Gasteiger partial charge in [0.2, 0.25) is 0 Å². The minimum Gasteiger partial charge on any atom is -0.355 e. The van der Waals surface area contributed by atoms with E-state index in [1.807, 2.05) is 18.8 Å². The van der Waals surface area contributed by atoms with Gasteiger partial charge in [-0.05, 0) is 37.8 Å². The first kappa shape index (κ1) is 18.3. The molecule has 0 spiro atoms. The fourth-order valence-electron chi connectivity index (χ4n) is 3.50. The molecule has 0 amide bonds. The second-order valence-corrected chi connectivity index (χ2v) is 8.91. The van der Waals surface area contributed by atoms with Crippen molar-refractivity contribution in [3.8, 4) is 0 Å². The number of thioether (sulfide) groups is 1. The number of benzene rings is 1. The fraction of sp³-hybridized carbons (Fsp3) is 0.550. The molecular formula is C20H28N6S. The molecule has 4 rings (SSSR count). The van der Waals surface area contributed by atoms with Crippen LogP contribution in [0.1, 0.15) is 43.8 Å². The van der Waals surface area contributed by atoms with Crippen LogP contribution in [0.5, 0.6) is 0 Å². The van der Waals surface area contributed by atoms with E-state index in [0.717, 1.165) is 37.1 Å². The molecule has 0 radical (unpaired) electrons. The van der Waals surface area contributed by atoms with Crippen molar-refractivity contribution in [1.82, 2.24) is 25.4 Å². The van der Waals surface area contributed by atoms with Gasteiger partial charge in [0, 0.05) is 36.2 Å². The van der Waals surface area contributed by atoms with E-state index in [4.69, 9.17) is 0 Å². The molecule has 2 aliphatic rings. The molecule has 1 aliphatic carbocycles. The summed E-state index contributed by atoms with van der Waals surface area (Å²) in [6.07, 6.45) is 7.24. The van der Waals surface area contributed by atoms with Gasteiger partial charge in [-0.15, -0.1) is 22.0 Å². The molecule has 0 saturated heterocycles. The number of rotatable bonds is 6. The van der Waals surface area contributed by atoms with E-state index in [9.17, 15) is 0 Å². The van der Waals surface area contributed by atoms with Gasteiger partial charge in [0.1, 0.15) is 5.82 Å². The topological polar surface area (TPSA) is 67.1 Å². The Balaban J connectivity index is 1.30. The van der Waals surface area contributed by atoms with Crippen molar-refractivity contribution in [2.75, 3.05) is 13.6 Å². The summed E-state index contributed by atoms with van der Waals surface area (Å²) in [5, 5.41) is 15.7. The molecule has 27 heavy (non-hydrogen) atoms. The SMILES string of the molecule is CN=C(NCc1nnc2n1CCCCC2)NCC1(Sc2ccccc2)CC1. The van der Waals surface area contributed by atoms with E-state index in [-0.39, 0.29) is 0 Å². The standard InChI is InChI=1S/C20H28N6S/c1-21-19(22-14-18-25-24-17-10-6-3-7-13-26(17)18)23-15-20(11-12-20)27-16-8-4-2-5-9-16/h2,4-5,8-9H,3,6-7,10-15H2,1H3,(H2,21,22,23). The van der Waals surface area contributed by atoms with Crippen molar-refractivity contribution in [1.29, 1.82) is 0 Å². The molecule has 1 aromatic heterocycles. The average molecular weight is 385 g/mol. The first-order valence-corrected chi connectivity index (χ1v) is 10.7. The molecule has 2 aromatic rings. The van der Waals surface area contributed by atoms with Crippen LogP contribution in [-0.2, 0) is 19.5 Å². The summed E-state index contributed by atoms with van der Waals surface area (Å²) in [5.74, 6) is 2.97. The molecule has 6 nitrogen and oxygen atoms in total. The third-order valence-electron chi connectivity index (χ3n) is 5.29. The van der Waals surface area contributed by atoms with E-state index >= 15 is 0 Å². The minimum absolute atomic E-state index is 0.297. The number of aryl methyl sites for hydroxylation is 1. The van der Waals surface area contributed by atoms with Crippen LogP contribution < -0.4 is 10.6 Å². The van der Waals surface area contributed by atoms with Gasteiger partial charge in [-0.3, -0.25) is 4.99 Å². The molecule has 0 atom stereocenters. The number of aliphatic imine (C=N–C) groups is 1. The number of nitrogens with one attached hydrogen (secondary N) is 2. The summed E-state index contributed by atoms with van der Waals surface area (Å²) >= 11 is 1.97. The third-order valence-corrected chi connectivity index (χ3v) is 6.78. The van der Waals surface area contributed by atoms with Gasteiger partial charge in [0.05, 0.1) is 6.54 Å². The summed E-state index contributed by atoms with van der Waals surface area (Å²) in [5.41, 5.74) is 0. The monoisotopic (exact) mass is 384 g/mol. The minimum atomic E-state index is 0.297. The molecule has 144 valence electrons. The zero-order valence-corrected chi connectivity index (χ0v) is 16.8. The van der Waals surface area contributed by atoms with Gasteiger partial charge in [0.15, 0.2) is 11.8 Å². The zero-order chi connectivity index (χ0) is 18.5. The molecular weight excluding hydrogens is 356 g/mol. The first-order chi connectivity index (χ1) is 13.3. The number of hydrogen-bond donors (Lipinski definition) is 2. The van der Waals surface area contributed by atoms with Gasteiger partial charge in [-0.1, -0.05) is 24.6 Å². The van der Waals surface area contributed by atoms with E-state index in [1.54, 1.807) is 0 Å². The Bertz CT molecular complexity index is 781. The van der Waals surface area contributed by atoms with Crippen molar-refractivity contribution in [3.63, 3.8) is 0 Å². The molecule has 2 heterocycles.